The van der Waals surface area contributed by atoms with Crippen LogP contribution in [-0.4, -0.2) is 39.7 Å². The van der Waals surface area contributed by atoms with E-state index in [9.17, 15) is 14.0 Å². The van der Waals surface area contributed by atoms with Gasteiger partial charge in [0, 0.05) is 25.2 Å². The van der Waals surface area contributed by atoms with Crippen molar-refractivity contribution in [3.05, 3.63) is 58.3 Å². The summed E-state index contributed by atoms with van der Waals surface area (Å²) in [5.74, 6) is -0.660. The number of likely N-dealkylation sites (tertiary alicyclic amines) is 1. The average Bonchev–Trinajstić information content (AvgIpc) is 2.55. The van der Waals surface area contributed by atoms with Gasteiger partial charge < -0.3 is 10.6 Å². The normalized spacial score (nSPS) is 18.0. The van der Waals surface area contributed by atoms with Gasteiger partial charge in [-0.25, -0.2) is 4.39 Å². The van der Waals surface area contributed by atoms with Gasteiger partial charge in [-0.05, 0) is 43.2 Å². The van der Waals surface area contributed by atoms with Crippen LogP contribution >= 0.6 is 0 Å². The van der Waals surface area contributed by atoms with Gasteiger partial charge in [-0.1, -0.05) is 0 Å². The number of piperidine rings is 1. The molecule has 0 radical (unpaired) electrons. The molecule has 3 rings (SSSR count). The van der Waals surface area contributed by atoms with Crippen molar-refractivity contribution in [3.63, 3.8) is 0 Å². The summed E-state index contributed by atoms with van der Waals surface area (Å²) in [5.41, 5.74) is 6.08. The quantitative estimate of drug-likeness (QED) is 0.894. The second-order valence-electron chi connectivity index (χ2n) is 5.60. The van der Waals surface area contributed by atoms with Crippen LogP contribution in [0.2, 0.25) is 0 Å². The maximum Gasteiger partial charge on any atom is 0.274 e. The van der Waals surface area contributed by atoms with Crippen LogP contribution in [0, 0.1) is 5.82 Å². The third-order valence-corrected chi connectivity index (χ3v) is 3.84. The van der Waals surface area contributed by atoms with Gasteiger partial charge in [0.1, 0.15) is 11.5 Å². The van der Waals surface area contributed by atoms with Crippen LogP contribution in [0.1, 0.15) is 23.3 Å². The summed E-state index contributed by atoms with van der Waals surface area (Å²) in [7, 11) is 0. The van der Waals surface area contributed by atoms with E-state index in [4.69, 9.17) is 5.73 Å². The number of carbonyl (C=O) groups excluding carboxylic acids is 1. The lowest BCUT2D eigenvalue weighted by Crippen LogP contribution is -2.46. The minimum Gasteiger partial charge on any atom is -0.336 e. The van der Waals surface area contributed by atoms with Gasteiger partial charge in [-0.2, -0.15) is 9.78 Å². The summed E-state index contributed by atoms with van der Waals surface area (Å²) in [5, 5.41) is 4.12. The standard InChI is InChI=1S/C16H17FN4O2/c17-11-3-5-13(6-4-11)21-15(22)8-7-14(19-21)16(23)20-9-1-2-12(18)10-20/h3-8,12H,1-2,9-10,18H2. The van der Waals surface area contributed by atoms with E-state index < -0.39 is 5.82 Å². The first kappa shape index (κ1) is 15.4. The first-order valence-corrected chi connectivity index (χ1v) is 7.46. The highest BCUT2D eigenvalue weighted by Crippen LogP contribution is 2.12. The lowest BCUT2D eigenvalue weighted by Gasteiger charge is -2.30. The Labute approximate surface area is 132 Å². The Kier molecular flexibility index (Phi) is 4.20. The van der Waals surface area contributed by atoms with E-state index in [0.29, 0.717) is 18.8 Å². The smallest absolute Gasteiger partial charge is 0.274 e. The monoisotopic (exact) mass is 316 g/mol. The van der Waals surface area contributed by atoms with E-state index in [1.165, 1.54) is 36.4 Å². The zero-order valence-corrected chi connectivity index (χ0v) is 12.5. The van der Waals surface area contributed by atoms with Crippen LogP contribution in [0.4, 0.5) is 4.39 Å². The summed E-state index contributed by atoms with van der Waals surface area (Å²) in [6.45, 7) is 1.11. The van der Waals surface area contributed by atoms with E-state index in [0.717, 1.165) is 17.5 Å². The number of rotatable bonds is 2. The summed E-state index contributed by atoms with van der Waals surface area (Å²) in [6.07, 6.45) is 1.75. The van der Waals surface area contributed by atoms with Crippen molar-refractivity contribution in [2.45, 2.75) is 18.9 Å². The number of hydrogen-bond acceptors (Lipinski definition) is 4. The Morgan fingerprint density at radius 2 is 1.96 bits per heavy atom. The van der Waals surface area contributed by atoms with Crippen molar-refractivity contribution in [2.75, 3.05) is 13.1 Å². The molecule has 0 aliphatic carbocycles. The zero-order valence-electron chi connectivity index (χ0n) is 12.5. The molecule has 120 valence electrons. The number of carbonyl (C=O) groups is 1. The van der Waals surface area contributed by atoms with Crippen LogP contribution in [0.25, 0.3) is 5.69 Å². The largest absolute Gasteiger partial charge is 0.336 e. The SMILES string of the molecule is NC1CCCN(C(=O)c2ccc(=O)n(-c3ccc(F)cc3)n2)C1. The molecule has 23 heavy (non-hydrogen) atoms. The summed E-state index contributed by atoms with van der Waals surface area (Å²) in [6, 6.07) is 8.01. The maximum absolute atomic E-state index is 13.0. The third-order valence-electron chi connectivity index (χ3n) is 3.84. The Morgan fingerprint density at radius 3 is 2.65 bits per heavy atom. The fraction of sp³-hybridized carbons (Fsp3) is 0.312. The van der Waals surface area contributed by atoms with Crippen LogP contribution in [-0.2, 0) is 0 Å². The van der Waals surface area contributed by atoms with E-state index >= 15 is 0 Å². The Morgan fingerprint density at radius 1 is 1.22 bits per heavy atom. The minimum absolute atomic E-state index is 0.0318. The molecule has 1 aliphatic rings. The number of hydrogen-bond donors (Lipinski definition) is 1. The van der Waals surface area contributed by atoms with E-state index in [-0.39, 0.29) is 23.2 Å². The minimum atomic E-state index is -0.406. The molecule has 0 saturated carbocycles. The average molecular weight is 316 g/mol. The first-order valence-electron chi connectivity index (χ1n) is 7.46. The fourth-order valence-corrected chi connectivity index (χ4v) is 2.65. The molecular weight excluding hydrogens is 299 g/mol. The zero-order chi connectivity index (χ0) is 16.4. The van der Waals surface area contributed by atoms with Gasteiger partial charge in [-0.15, -0.1) is 0 Å². The Hall–Kier alpha value is -2.54. The van der Waals surface area contributed by atoms with Crippen molar-refractivity contribution in [3.8, 4) is 5.69 Å². The van der Waals surface area contributed by atoms with Gasteiger partial charge in [-0.3, -0.25) is 9.59 Å². The second kappa shape index (κ2) is 6.29. The molecule has 2 aromatic rings. The van der Waals surface area contributed by atoms with Gasteiger partial charge in [0.2, 0.25) is 0 Å². The fourth-order valence-electron chi connectivity index (χ4n) is 2.65. The Bertz CT molecular complexity index is 772. The highest BCUT2D eigenvalue weighted by molar-refractivity contribution is 5.92. The van der Waals surface area contributed by atoms with Crippen LogP contribution < -0.4 is 11.3 Å². The molecule has 6 nitrogen and oxygen atoms in total. The lowest BCUT2D eigenvalue weighted by atomic mass is 10.1. The molecule has 1 amide bonds. The van der Waals surface area contributed by atoms with Gasteiger partial charge >= 0.3 is 0 Å². The molecular formula is C16H17FN4O2. The van der Waals surface area contributed by atoms with Crippen molar-refractivity contribution >= 4 is 5.91 Å². The summed E-state index contributed by atoms with van der Waals surface area (Å²) >= 11 is 0. The summed E-state index contributed by atoms with van der Waals surface area (Å²) in [4.78, 5) is 26.1. The second-order valence-corrected chi connectivity index (χ2v) is 5.60. The van der Waals surface area contributed by atoms with Gasteiger partial charge in [0.15, 0.2) is 0 Å². The van der Waals surface area contributed by atoms with Gasteiger partial charge in [0.05, 0.1) is 5.69 Å². The van der Waals surface area contributed by atoms with Gasteiger partial charge in [0.25, 0.3) is 11.5 Å². The van der Waals surface area contributed by atoms with E-state index in [1.54, 1.807) is 4.90 Å². The van der Waals surface area contributed by atoms with Crippen molar-refractivity contribution in [1.29, 1.82) is 0 Å². The third kappa shape index (κ3) is 3.29. The maximum atomic E-state index is 13.0. The molecule has 2 N–H and O–H groups in total. The molecule has 0 bridgehead atoms. The predicted octanol–water partition coefficient (Wildman–Crippen LogP) is 0.935. The van der Waals surface area contributed by atoms with E-state index in [2.05, 4.69) is 5.10 Å². The lowest BCUT2D eigenvalue weighted by molar-refractivity contribution is 0.0700. The van der Waals surface area contributed by atoms with Crippen molar-refractivity contribution < 1.29 is 9.18 Å². The molecule has 1 unspecified atom stereocenters. The number of benzene rings is 1. The number of amides is 1. The number of nitrogens with two attached hydrogens (primary N) is 1. The molecule has 1 aromatic heterocycles. The van der Waals surface area contributed by atoms with Crippen LogP contribution in [0.5, 0.6) is 0 Å². The first-order chi connectivity index (χ1) is 11.0. The number of nitrogens with zero attached hydrogens (tertiary/aromatic N) is 3. The molecule has 1 fully saturated rings. The molecule has 1 atom stereocenters. The van der Waals surface area contributed by atoms with Crippen LogP contribution in [0.3, 0.4) is 0 Å². The molecule has 1 aliphatic heterocycles. The molecule has 0 spiro atoms. The Balaban J connectivity index is 1.92. The summed E-state index contributed by atoms with van der Waals surface area (Å²) < 4.78 is 14.1. The predicted molar refractivity (Wildman–Crippen MR) is 82.9 cm³/mol. The number of halogens is 1. The van der Waals surface area contributed by atoms with Crippen molar-refractivity contribution in [1.82, 2.24) is 14.7 Å². The molecule has 2 heterocycles. The topological polar surface area (TPSA) is 81.2 Å². The molecule has 1 saturated heterocycles. The molecule has 7 heteroatoms. The van der Waals surface area contributed by atoms with Crippen LogP contribution in [0.15, 0.2) is 41.2 Å². The molecule has 1 aromatic carbocycles. The number of aromatic nitrogens is 2. The highest BCUT2D eigenvalue weighted by Gasteiger charge is 2.23. The van der Waals surface area contributed by atoms with E-state index in [1.807, 2.05) is 0 Å². The highest BCUT2D eigenvalue weighted by atomic mass is 19.1. The van der Waals surface area contributed by atoms with Crippen molar-refractivity contribution in [2.24, 2.45) is 5.73 Å².